The third kappa shape index (κ3) is 4.12. The van der Waals surface area contributed by atoms with Crippen LogP contribution in [0.3, 0.4) is 0 Å². The summed E-state index contributed by atoms with van der Waals surface area (Å²) in [5, 5.41) is 9.18. The summed E-state index contributed by atoms with van der Waals surface area (Å²) in [6.07, 6.45) is 5.77. The largest absolute Gasteiger partial charge is 0.395 e. The monoisotopic (exact) mass is 279 g/mol. The van der Waals surface area contributed by atoms with Gasteiger partial charge in [0.1, 0.15) is 5.82 Å². The predicted octanol–water partition coefficient (Wildman–Crippen LogP) is 2.64. The number of halogens is 1. The maximum absolute atomic E-state index is 13.2. The summed E-state index contributed by atoms with van der Waals surface area (Å²) in [5.41, 5.74) is 0.406. The van der Waals surface area contributed by atoms with Crippen LogP contribution in [0, 0.1) is 5.82 Å². The van der Waals surface area contributed by atoms with E-state index in [0.29, 0.717) is 18.2 Å². The van der Waals surface area contributed by atoms with E-state index in [-0.39, 0.29) is 24.8 Å². The van der Waals surface area contributed by atoms with E-state index in [9.17, 15) is 14.3 Å². The van der Waals surface area contributed by atoms with Crippen LogP contribution in [0.1, 0.15) is 42.5 Å². The van der Waals surface area contributed by atoms with Gasteiger partial charge in [0.25, 0.3) is 0 Å². The molecule has 0 bridgehead atoms. The molecule has 4 heteroatoms. The lowest BCUT2D eigenvalue weighted by Crippen LogP contribution is -2.42. The summed E-state index contributed by atoms with van der Waals surface area (Å²) in [6.45, 7) is 0.813. The van der Waals surface area contributed by atoms with Crippen molar-refractivity contribution in [3.05, 3.63) is 35.6 Å². The molecule has 1 fully saturated rings. The Morgan fingerprint density at radius 2 is 2.05 bits per heavy atom. The summed E-state index contributed by atoms with van der Waals surface area (Å²) >= 11 is 0. The van der Waals surface area contributed by atoms with Gasteiger partial charge in [-0.25, -0.2) is 4.39 Å². The molecule has 0 aromatic heterocycles. The number of aliphatic hydroxyl groups excluding tert-OH is 1. The average Bonchev–Trinajstić information content (AvgIpc) is 2.47. The Bertz CT molecular complexity index is 444. The van der Waals surface area contributed by atoms with Crippen LogP contribution in [-0.4, -0.2) is 41.5 Å². The molecule has 20 heavy (non-hydrogen) atoms. The molecule has 1 aromatic rings. The van der Waals surface area contributed by atoms with Gasteiger partial charge < -0.3 is 5.11 Å². The van der Waals surface area contributed by atoms with Crippen molar-refractivity contribution in [2.24, 2.45) is 0 Å². The molecule has 2 rings (SSSR count). The third-order valence-electron chi connectivity index (χ3n) is 3.97. The lowest BCUT2D eigenvalue weighted by molar-refractivity contribution is 0.0814. The van der Waals surface area contributed by atoms with Gasteiger partial charge in [0.05, 0.1) is 13.2 Å². The van der Waals surface area contributed by atoms with Crippen molar-refractivity contribution < 1.29 is 14.3 Å². The number of rotatable bonds is 6. The maximum Gasteiger partial charge on any atom is 0.176 e. The van der Waals surface area contributed by atoms with Crippen molar-refractivity contribution in [2.45, 2.75) is 38.1 Å². The molecule has 0 radical (unpaired) electrons. The van der Waals surface area contributed by atoms with Crippen molar-refractivity contribution >= 4 is 5.78 Å². The highest BCUT2D eigenvalue weighted by Gasteiger charge is 2.23. The maximum atomic E-state index is 13.2. The fourth-order valence-corrected chi connectivity index (χ4v) is 2.90. The molecule has 0 heterocycles. The summed E-state index contributed by atoms with van der Waals surface area (Å²) in [5.74, 6) is -0.467. The minimum Gasteiger partial charge on any atom is -0.395 e. The highest BCUT2D eigenvalue weighted by Crippen LogP contribution is 2.22. The van der Waals surface area contributed by atoms with Crippen LogP contribution in [0.15, 0.2) is 24.3 Å². The minimum atomic E-state index is -0.387. The second kappa shape index (κ2) is 7.50. The molecule has 0 amide bonds. The average molecular weight is 279 g/mol. The second-order valence-corrected chi connectivity index (χ2v) is 5.42. The zero-order chi connectivity index (χ0) is 14.4. The van der Waals surface area contributed by atoms with Gasteiger partial charge >= 0.3 is 0 Å². The number of nitrogens with zero attached hydrogens (tertiary/aromatic N) is 1. The van der Waals surface area contributed by atoms with Crippen molar-refractivity contribution in [3.63, 3.8) is 0 Å². The van der Waals surface area contributed by atoms with Gasteiger partial charge in [-0.3, -0.25) is 9.69 Å². The fourth-order valence-electron chi connectivity index (χ4n) is 2.90. The Kier molecular flexibility index (Phi) is 5.68. The first-order chi connectivity index (χ1) is 9.70. The van der Waals surface area contributed by atoms with E-state index < -0.39 is 0 Å². The zero-order valence-corrected chi connectivity index (χ0v) is 11.7. The topological polar surface area (TPSA) is 40.5 Å². The Hall–Kier alpha value is -1.26. The fraction of sp³-hybridized carbons (Fsp3) is 0.562. The van der Waals surface area contributed by atoms with Crippen molar-refractivity contribution in [2.75, 3.05) is 19.7 Å². The molecule has 0 aliphatic heterocycles. The minimum absolute atomic E-state index is 0.0485. The molecule has 1 N–H and O–H groups in total. The Labute approximate surface area is 119 Å². The first-order valence-corrected chi connectivity index (χ1v) is 7.34. The molecule has 0 spiro atoms. The van der Waals surface area contributed by atoms with E-state index >= 15 is 0 Å². The van der Waals surface area contributed by atoms with Crippen LogP contribution in [0.4, 0.5) is 4.39 Å². The van der Waals surface area contributed by atoms with Crippen LogP contribution in [-0.2, 0) is 0 Å². The SMILES string of the molecule is O=C(CN(CCO)C1CCCCC1)c1cccc(F)c1. The molecule has 0 atom stereocenters. The molecule has 0 unspecified atom stereocenters. The number of benzene rings is 1. The van der Waals surface area contributed by atoms with Crippen molar-refractivity contribution in [1.82, 2.24) is 4.90 Å². The van der Waals surface area contributed by atoms with E-state index in [1.165, 1.54) is 31.4 Å². The number of hydrogen-bond acceptors (Lipinski definition) is 3. The molecule has 1 saturated carbocycles. The quantitative estimate of drug-likeness (QED) is 0.814. The lowest BCUT2D eigenvalue weighted by Gasteiger charge is -2.33. The summed E-state index contributed by atoms with van der Waals surface area (Å²) in [4.78, 5) is 14.3. The van der Waals surface area contributed by atoms with Crippen molar-refractivity contribution in [1.29, 1.82) is 0 Å². The molecule has 0 saturated heterocycles. The van der Waals surface area contributed by atoms with Crippen LogP contribution in [0.2, 0.25) is 0 Å². The number of aliphatic hydroxyl groups is 1. The molecule has 1 aliphatic rings. The highest BCUT2D eigenvalue weighted by molar-refractivity contribution is 5.97. The molecular formula is C16H22FNO2. The van der Waals surface area contributed by atoms with Gasteiger partial charge in [-0.2, -0.15) is 0 Å². The van der Waals surface area contributed by atoms with Crippen molar-refractivity contribution in [3.8, 4) is 0 Å². The Morgan fingerprint density at radius 1 is 1.30 bits per heavy atom. The molecule has 110 valence electrons. The van der Waals surface area contributed by atoms with E-state index in [1.54, 1.807) is 12.1 Å². The van der Waals surface area contributed by atoms with Gasteiger partial charge in [0, 0.05) is 18.2 Å². The first-order valence-electron chi connectivity index (χ1n) is 7.34. The second-order valence-electron chi connectivity index (χ2n) is 5.42. The molecular weight excluding hydrogens is 257 g/mol. The normalized spacial score (nSPS) is 16.6. The van der Waals surface area contributed by atoms with Gasteiger partial charge in [-0.1, -0.05) is 31.4 Å². The van der Waals surface area contributed by atoms with Gasteiger partial charge in [0.2, 0.25) is 0 Å². The lowest BCUT2D eigenvalue weighted by atomic mass is 9.94. The first kappa shape index (κ1) is 15.1. The summed E-state index contributed by atoms with van der Waals surface area (Å²) < 4.78 is 13.2. The van der Waals surface area contributed by atoms with Gasteiger partial charge in [-0.05, 0) is 25.0 Å². The summed E-state index contributed by atoms with van der Waals surface area (Å²) in [7, 11) is 0. The standard InChI is InChI=1S/C16H22FNO2/c17-14-6-4-5-13(11-14)16(20)12-18(9-10-19)15-7-2-1-3-8-15/h4-6,11,15,19H,1-3,7-10,12H2. The van der Waals surface area contributed by atoms with E-state index in [0.717, 1.165) is 12.8 Å². The molecule has 1 aliphatic carbocycles. The van der Waals surface area contributed by atoms with E-state index in [2.05, 4.69) is 0 Å². The van der Waals surface area contributed by atoms with Crippen LogP contribution < -0.4 is 0 Å². The third-order valence-corrected chi connectivity index (χ3v) is 3.97. The highest BCUT2D eigenvalue weighted by atomic mass is 19.1. The number of Topliss-reactive ketones (excluding diaryl/α,β-unsaturated/α-hetero) is 1. The molecule has 3 nitrogen and oxygen atoms in total. The number of hydrogen-bond donors (Lipinski definition) is 1. The summed E-state index contributed by atoms with van der Waals surface area (Å²) in [6, 6.07) is 6.18. The predicted molar refractivity (Wildman–Crippen MR) is 76.3 cm³/mol. The van der Waals surface area contributed by atoms with Gasteiger partial charge in [0.15, 0.2) is 5.78 Å². The smallest absolute Gasteiger partial charge is 0.176 e. The van der Waals surface area contributed by atoms with Crippen LogP contribution in [0.25, 0.3) is 0 Å². The molecule has 1 aromatic carbocycles. The zero-order valence-electron chi connectivity index (χ0n) is 11.7. The number of carbonyl (C=O) groups is 1. The van der Waals surface area contributed by atoms with Crippen LogP contribution in [0.5, 0.6) is 0 Å². The van der Waals surface area contributed by atoms with Crippen LogP contribution >= 0.6 is 0 Å². The number of ketones is 1. The van der Waals surface area contributed by atoms with E-state index in [1.807, 2.05) is 4.90 Å². The number of carbonyl (C=O) groups excluding carboxylic acids is 1. The van der Waals surface area contributed by atoms with E-state index in [4.69, 9.17) is 0 Å². The Balaban J connectivity index is 2.01. The van der Waals surface area contributed by atoms with Gasteiger partial charge in [-0.15, -0.1) is 0 Å². The Morgan fingerprint density at radius 3 is 2.70 bits per heavy atom.